The zero-order valence-electron chi connectivity index (χ0n) is 14.2. The first kappa shape index (κ1) is 18.2. The third-order valence-corrected chi connectivity index (χ3v) is 4.99. The molecule has 0 aliphatic carbocycles. The lowest BCUT2D eigenvalue weighted by Gasteiger charge is -2.14. The molecule has 0 aromatic heterocycles. The normalized spacial score (nSPS) is 12.9. The molecule has 138 valence electrons. The first-order valence-electron chi connectivity index (χ1n) is 8.21. The maximum atomic E-state index is 12.5. The van der Waals surface area contributed by atoms with Gasteiger partial charge in [-0.1, -0.05) is 35.3 Å². The molecule has 4 rings (SSSR count). The number of halogens is 2. The van der Waals surface area contributed by atoms with Crippen molar-refractivity contribution in [3.05, 3.63) is 93.5 Å². The quantitative estimate of drug-likeness (QED) is 0.345. The van der Waals surface area contributed by atoms with Gasteiger partial charge in [0.2, 0.25) is 0 Å². The highest BCUT2D eigenvalue weighted by molar-refractivity contribution is 6.42. The predicted octanol–water partition coefficient (Wildman–Crippen LogP) is 5.01. The first-order valence-corrected chi connectivity index (χ1v) is 8.96. The molecule has 0 atom stereocenters. The molecule has 1 aliphatic rings. The predicted molar refractivity (Wildman–Crippen MR) is 105 cm³/mol. The van der Waals surface area contributed by atoms with Crippen LogP contribution in [-0.2, 0) is 0 Å². The Bertz CT molecular complexity index is 1090. The summed E-state index contributed by atoms with van der Waals surface area (Å²) in [5.41, 5.74) is 1.37. The lowest BCUT2D eigenvalue weighted by Crippen LogP contribution is -2.29. The van der Waals surface area contributed by atoms with Gasteiger partial charge in [0.25, 0.3) is 11.8 Å². The Morgan fingerprint density at radius 3 is 1.96 bits per heavy atom. The molecule has 2 amide bonds. The molecule has 0 spiro atoms. The van der Waals surface area contributed by atoms with E-state index in [1.54, 1.807) is 36.4 Å². The molecule has 7 heteroatoms. The van der Waals surface area contributed by atoms with Crippen LogP contribution in [0.5, 0.6) is 5.75 Å². The van der Waals surface area contributed by atoms with Crippen molar-refractivity contribution < 1.29 is 19.1 Å². The van der Waals surface area contributed by atoms with Gasteiger partial charge in [0, 0.05) is 0 Å². The zero-order valence-corrected chi connectivity index (χ0v) is 15.7. The maximum absolute atomic E-state index is 12.5. The van der Waals surface area contributed by atoms with Crippen molar-refractivity contribution in [2.24, 2.45) is 0 Å². The highest BCUT2D eigenvalue weighted by Crippen LogP contribution is 2.30. The van der Waals surface area contributed by atoms with E-state index in [0.29, 0.717) is 21.8 Å². The molecule has 3 aromatic carbocycles. The van der Waals surface area contributed by atoms with Gasteiger partial charge in [-0.2, -0.15) is 0 Å². The number of carbonyl (C=O) groups is 3. The van der Waals surface area contributed by atoms with Gasteiger partial charge in [-0.3, -0.25) is 9.59 Å². The summed E-state index contributed by atoms with van der Waals surface area (Å²) in [6.07, 6.45) is 0. The summed E-state index contributed by atoms with van der Waals surface area (Å²) >= 11 is 11.7. The molecule has 0 saturated carbocycles. The van der Waals surface area contributed by atoms with Crippen molar-refractivity contribution in [1.29, 1.82) is 0 Å². The molecular weight excluding hydrogens is 401 g/mol. The van der Waals surface area contributed by atoms with E-state index < -0.39 is 5.97 Å². The van der Waals surface area contributed by atoms with Crippen molar-refractivity contribution in [2.75, 3.05) is 4.90 Å². The SMILES string of the molecule is O=C(Oc1ccc(N2C(=O)c3ccccc3C2=O)cc1)c1ccc(Cl)c(Cl)c1. The summed E-state index contributed by atoms with van der Waals surface area (Å²) in [6, 6.07) is 17.2. The van der Waals surface area contributed by atoms with Gasteiger partial charge in [0.05, 0.1) is 32.4 Å². The van der Waals surface area contributed by atoms with Crippen molar-refractivity contribution in [1.82, 2.24) is 0 Å². The average Bonchev–Trinajstić information content (AvgIpc) is 2.95. The number of amides is 2. The summed E-state index contributed by atoms with van der Waals surface area (Å²) in [5.74, 6) is -1.12. The maximum Gasteiger partial charge on any atom is 0.343 e. The van der Waals surface area contributed by atoms with Gasteiger partial charge in [0.1, 0.15) is 5.75 Å². The van der Waals surface area contributed by atoms with Crippen LogP contribution in [0.1, 0.15) is 31.1 Å². The second-order valence-corrected chi connectivity index (χ2v) is 6.82. The summed E-state index contributed by atoms with van der Waals surface area (Å²) in [7, 11) is 0. The standard InChI is InChI=1S/C21H11Cl2NO4/c22-17-10-5-12(11-18(17)23)21(27)28-14-8-6-13(7-9-14)24-19(25)15-3-1-2-4-16(15)20(24)26/h1-11H. The third kappa shape index (κ3) is 3.15. The van der Waals surface area contributed by atoms with Gasteiger partial charge in [-0.25, -0.2) is 9.69 Å². The molecule has 0 radical (unpaired) electrons. The molecule has 5 nitrogen and oxygen atoms in total. The summed E-state index contributed by atoms with van der Waals surface area (Å²) in [5, 5.41) is 0.584. The topological polar surface area (TPSA) is 63.7 Å². The number of nitrogens with zero attached hydrogens (tertiary/aromatic N) is 1. The van der Waals surface area contributed by atoms with Gasteiger partial charge >= 0.3 is 5.97 Å². The van der Waals surface area contributed by atoms with E-state index in [2.05, 4.69) is 0 Å². The fraction of sp³-hybridized carbons (Fsp3) is 0. The minimum Gasteiger partial charge on any atom is -0.423 e. The summed E-state index contributed by atoms with van der Waals surface area (Å²) in [4.78, 5) is 38.3. The minimum atomic E-state index is -0.605. The van der Waals surface area contributed by atoms with E-state index in [1.165, 1.54) is 30.3 Å². The van der Waals surface area contributed by atoms with E-state index in [1.807, 2.05) is 0 Å². The lowest BCUT2D eigenvalue weighted by atomic mass is 10.1. The molecule has 0 fully saturated rings. The number of fused-ring (bicyclic) bond motifs is 1. The molecule has 0 bridgehead atoms. The van der Waals surface area contributed by atoms with Crippen LogP contribution >= 0.6 is 23.2 Å². The largest absolute Gasteiger partial charge is 0.423 e. The summed E-state index contributed by atoms with van der Waals surface area (Å²) in [6.45, 7) is 0. The van der Waals surface area contributed by atoms with Crippen molar-refractivity contribution in [3.63, 3.8) is 0 Å². The van der Waals surface area contributed by atoms with Gasteiger partial charge in [-0.15, -0.1) is 0 Å². The van der Waals surface area contributed by atoms with Crippen LogP contribution in [0.25, 0.3) is 0 Å². The molecule has 3 aromatic rings. The van der Waals surface area contributed by atoms with Crippen molar-refractivity contribution >= 4 is 46.7 Å². The Kier molecular flexibility index (Phi) is 4.63. The van der Waals surface area contributed by atoms with Crippen LogP contribution in [0.3, 0.4) is 0 Å². The molecule has 0 saturated heterocycles. The molecule has 28 heavy (non-hydrogen) atoms. The Labute approximate surface area is 170 Å². The second kappa shape index (κ2) is 7.11. The monoisotopic (exact) mass is 411 g/mol. The number of ether oxygens (including phenoxy) is 1. The number of hydrogen-bond donors (Lipinski definition) is 0. The first-order chi connectivity index (χ1) is 13.5. The minimum absolute atomic E-state index is 0.247. The fourth-order valence-electron chi connectivity index (χ4n) is 2.88. The lowest BCUT2D eigenvalue weighted by molar-refractivity contribution is 0.0733. The molecule has 0 unspecified atom stereocenters. The van der Waals surface area contributed by atoms with Crippen LogP contribution in [0.2, 0.25) is 10.0 Å². The molecule has 1 heterocycles. The molecular formula is C21H11Cl2NO4. The van der Waals surface area contributed by atoms with Crippen LogP contribution < -0.4 is 9.64 Å². The number of anilines is 1. The van der Waals surface area contributed by atoms with Crippen molar-refractivity contribution in [3.8, 4) is 5.75 Å². The van der Waals surface area contributed by atoms with E-state index in [9.17, 15) is 14.4 Å². The van der Waals surface area contributed by atoms with E-state index in [-0.39, 0.29) is 28.1 Å². The number of carbonyl (C=O) groups excluding carboxylic acids is 3. The second-order valence-electron chi connectivity index (χ2n) is 6.00. The van der Waals surface area contributed by atoms with Crippen LogP contribution in [-0.4, -0.2) is 17.8 Å². The average molecular weight is 412 g/mol. The molecule has 0 N–H and O–H groups in total. The summed E-state index contributed by atoms with van der Waals surface area (Å²) < 4.78 is 5.30. The molecule has 1 aliphatic heterocycles. The van der Waals surface area contributed by atoms with Gasteiger partial charge in [0.15, 0.2) is 0 Å². The number of benzene rings is 3. The van der Waals surface area contributed by atoms with Crippen molar-refractivity contribution in [2.45, 2.75) is 0 Å². The number of esters is 1. The highest BCUT2D eigenvalue weighted by atomic mass is 35.5. The zero-order chi connectivity index (χ0) is 19.8. The van der Waals surface area contributed by atoms with Gasteiger partial charge < -0.3 is 4.74 Å². The Morgan fingerprint density at radius 2 is 1.39 bits per heavy atom. The van der Waals surface area contributed by atoms with E-state index in [4.69, 9.17) is 27.9 Å². The number of imide groups is 1. The Balaban J connectivity index is 1.53. The number of hydrogen-bond acceptors (Lipinski definition) is 4. The number of rotatable bonds is 3. The van der Waals surface area contributed by atoms with Crippen LogP contribution in [0.15, 0.2) is 66.7 Å². The fourth-order valence-corrected chi connectivity index (χ4v) is 3.17. The van der Waals surface area contributed by atoms with E-state index in [0.717, 1.165) is 4.90 Å². The Hall–Kier alpha value is -3.15. The smallest absolute Gasteiger partial charge is 0.343 e. The van der Waals surface area contributed by atoms with E-state index >= 15 is 0 Å². The van der Waals surface area contributed by atoms with Gasteiger partial charge in [-0.05, 0) is 54.6 Å². The Morgan fingerprint density at radius 1 is 0.786 bits per heavy atom. The highest BCUT2D eigenvalue weighted by Gasteiger charge is 2.36. The third-order valence-electron chi connectivity index (χ3n) is 4.25. The van der Waals surface area contributed by atoms with Crippen LogP contribution in [0.4, 0.5) is 5.69 Å². The van der Waals surface area contributed by atoms with Crippen LogP contribution in [0, 0.1) is 0 Å².